The monoisotopic (exact) mass is 331 g/mol. The molecule has 2 aromatic rings. The molecular weight excluding hydrogens is 306 g/mol. The molecule has 1 aliphatic heterocycles. The molecule has 0 spiro atoms. The molecule has 0 bridgehead atoms. The molecule has 0 atom stereocenters. The van der Waals surface area contributed by atoms with Gasteiger partial charge in [-0.3, -0.25) is 14.3 Å². The summed E-state index contributed by atoms with van der Waals surface area (Å²) in [5.41, 5.74) is 0.791. The van der Waals surface area contributed by atoms with Crippen molar-refractivity contribution in [2.24, 2.45) is 5.92 Å². The third kappa shape index (κ3) is 4.08. The van der Waals surface area contributed by atoms with Gasteiger partial charge < -0.3 is 4.52 Å². The smallest absolute Gasteiger partial charge is 0.253 e. The van der Waals surface area contributed by atoms with Crippen LogP contribution >= 0.6 is 0 Å². The van der Waals surface area contributed by atoms with Crippen molar-refractivity contribution in [1.29, 1.82) is 0 Å². The van der Waals surface area contributed by atoms with Crippen LogP contribution in [0.25, 0.3) is 0 Å². The fourth-order valence-corrected chi connectivity index (χ4v) is 3.04. The molecule has 0 radical (unpaired) electrons. The Morgan fingerprint density at radius 1 is 1.25 bits per heavy atom. The molecule has 2 aromatic heterocycles. The zero-order chi connectivity index (χ0) is 17.2. The molecule has 0 unspecified atom stereocenters. The van der Waals surface area contributed by atoms with Gasteiger partial charge in [0, 0.05) is 18.0 Å². The average molecular weight is 331 g/mol. The fourth-order valence-electron chi connectivity index (χ4n) is 3.04. The van der Waals surface area contributed by atoms with Crippen molar-refractivity contribution in [3.63, 3.8) is 0 Å². The van der Waals surface area contributed by atoms with Gasteiger partial charge in [0.25, 0.3) is 5.56 Å². The van der Waals surface area contributed by atoms with E-state index in [2.05, 4.69) is 40.8 Å². The van der Waals surface area contributed by atoms with Crippen LogP contribution in [-0.2, 0) is 18.5 Å². The molecule has 130 valence electrons. The molecule has 0 saturated carbocycles. The van der Waals surface area contributed by atoms with Gasteiger partial charge in [0.05, 0.1) is 18.6 Å². The highest BCUT2D eigenvalue weighted by molar-refractivity contribution is 5.10. The summed E-state index contributed by atoms with van der Waals surface area (Å²) < 4.78 is 6.80. The largest absolute Gasteiger partial charge is 0.338 e. The van der Waals surface area contributed by atoms with E-state index >= 15 is 0 Å². The van der Waals surface area contributed by atoms with Crippen LogP contribution in [0.5, 0.6) is 0 Å². The Morgan fingerprint density at radius 2 is 2.00 bits per heavy atom. The van der Waals surface area contributed by atoms with Gasteiger partial charge in [-0.15, -0.1) is 0 Å². The van der Waals surface area contributed by atoms with E-state index in [9.17, 15) is 4.79 Å². The summed E-state index contributed by atoms with van der Waals surface area (Å²) in [6, 6.07) is 1.67. The Labute approximate surface area is 141 Å². The number of likely N-dealkylation sites (tertiary alicyclic amines) is 1. The highest BCUT2D eigenvalue weighted by Crippen LogP contribution is 2.21. The van der Waals surface area contributed by atoms with Gasteiger partial charge in [0.1, 0.15) is 0 Å². The Balaban J connectivity index is 1.55. The normalized spacial score (nSPS) is 17.3. The third-order valence-electron chi connectivity index (χ3n) is 4.58. The molecular formula is C17H25N5O2. The maximum Gasteiger partial charge on any atom is 0.253 e. The predicted molar refractivity (Wildman–Crippen MR) is 89.5 cm³/mol. The van der Waals surface area contributed by atoms with Crippen molar-refractivity contribution in [1.82, 2.24) is 24.6 Å². The van der Waals surface area contributed by atoms with Gasteiger partial charge in [0.15, 0.2) is 6.33 Å². The number of hydrogen-bond acceptors (Lipinski definition) is 6. The second kappa shape index (κ2) is 6.84. The number of nitrogens with zero attached hydrogens (tertiary/aromatic N) is 5. The van der Waals surface area contributed by atoms with Crippen LogP contribution in [0.3, 0.4) is 0 Å². The summed E-state index contributed by atoms with van der Waals surface area (Å²) in [6.45, 7) is 9.61. The fraction of sp³-hybridized carbons (Fsp3) is 0.647. The van der Waals surface area contributed by atoms with Gasteiger partial charge in [-0.25, -0.2) is 4.98 Å². The summed E-state index contributed by atoms with van der Waals surface area (Å²) in [5.74, 6) is 1.16. The van der Waals surface area contributed by atoms with Gasteiger partial charge >= 0.3 is 0 Å². The third-order valence-corrected chi connectivity index (χ3v) is 4.58. The van der Waals surface area contributed by atoms with Gasteiger partial charge in [0.2, 0.25) is 5.89 Å². The van der Waals surface area contributed by atoms with Crippen LogP contribution in [0.1, 0.15) is 45.2 Å². The summed E-state index contributed by atoms with van der Waals surface area (Å²) >= 11 is 0. The highest BCUT2D eigenvalue weighted by atomic mass is 16.5. The number of rotatable bonds is 4. The second-order valence-electron chi connectivity index (χ2n) is 7.57. The van der Waals surface area contributed by atoms with Gasteiger partial charge in [-0.1, -0.05) is 25.9 Å². The lowest BCUT2D eigenvalue weighted by Gasteiger charge is -2.31. The van der Waals surface area contributed by atoms with Crippen LogP contribution in [0.2, 0.25) is 0 Å². The van der Waals surface area contributed by atoms with Crippen molar-refractivity contribution in [3.8, 4) is 0 Å². The molecule has 1 saturated heterocycles. The summed E-state index contributed by atoms with van der Waals surface area (Å²) in [6.07, 6.45) is 5.25. The molecule has 1 aliphatic rings. The van der Waals surface area contributed by atoms with Crippen LogP contribution in [0.15, 0.2) is 28.0 Å². The number of aromatic nitrogens is 4. The standard InChI is InChI=1S/C17H25N5O2/c1-17(2,3)14-8-16(23)22(12-19-14)9-13-4-6-21(7-5-13)10-15-18-11-20-24-15/h8,11-13H,4-7,9-10H2,1-3H3. The predicted octanol–water partition coefficient (Wildman–Crippen LogP) is 1.84. The molecule has 3 rings (SSSR count). The van der Waals surface area contributed by atoms with E-state index in [0.29, 0.717) is 18.4 Å². The molecule has 0 aliphatic carbocycles. The van der Waals surface area contributed by atoms with Crippen LogP contribution in [-0.4, -0.2) is 37.7 Å². The van der Waals surface area contributed by atoms with E-state index in [1.165, 1.54) is 6.33 Å². The van der Waals surface area contributed by atoms with E-state index in [1.54, 1.807) is 17.0 Å². The lowest BCUT2D eigenvalue weighted by Crippen LogP contribution is -2.36. The maximum absolute atomic E-state index is 12.3. The highest BCUT2D eigenvalue weighted by Gasteiger charge is 2.22. The molecule has 1 fully saturated rings. The minimum absolute atomic E-state index is 0.0446. The van der Waals surface area contributed by atoms with Gasteiger partial charge in [-0.05, 0) is 31.8 Å². The zero-order valence-electron chi connectivity index (χ0n) is 14.6. The van der Waals surface area contributed by atoms with Crippen molar-refractivity contribution in [3.05, 3.63) is 40.7 Å². The number of hydrogen-bond donors (Lipinski definition) is 0. The zero-order valence-corrected chi connectivity index (χ0v) is 14.6. The van der Waals surface area contributed by atoms with Crippen LogP contribution in [0.4, 0.5) is 0 Å². The van der Waals surface area contributed by atoms with Crippen molar-refractivity contribution < 1.29 is 4.52 Å². The van der Waals surface area contributed by atoms with E-state index < -0.39 is 0 Å². The molecule has 0 N–H and O–H groups in total. The number of piperidine rings is 1. The summed E-state index contributed by atoms with van der Waals surface area (Å²) in [4.78, 5) is 23.2. The summed E-state index contributed by atoms with van der Waals surface area (Å²) in [7, 11) is 0. The van der Waals surface area contributed by atoms with Crippen LogP contribution < -0.4 is 5.56 Å². The first-order valence-electron chi connectivity index (χ1n) is 8.46. The first kappa shape index (κ1) is 16.8. The lowest BCUT2D eigenvalue weighted by atomic mass is 9.92. The van der Waals surface area contributed by atoms with Gasteiger partial charge in [-0.2, -0.15) is 4.98 Å². The Morgan fingerprint density at radius 3 is 2.58 bits per heavy atom. The van der Waals surface area contributed by atoms with E-state index in [4.69, 9.17) is 4.52 Å². The van der Waals surface area contributed by atoms with Crippen LogP contribution in [0, 0.1) is 5.92 Å². The molecule has 0 aromatic carbocycles. The Bertz CT molecular complexity index is 709. The van der Waals surface area contributed by atoms with Crippen molar-refractivity contribution in [2.45, 2.75) is 52.1 Å². The van der Waals surface area contributed by atoms with E-state index in [-0.39, 0.29) is 11.0 Å². The first-order valence-corrected chi connectivity index (χ1v) is 8.46. The lowest BCUT2D eigenvalue weighted by molar-refractivity contribution is 0.150. The maximum atomic E-state index is 12.3. The van der Waals surface area contributed by atoms with E-state index in [0.717, 1.165) is 38.2 Å². The second-order valence-corrected chi connectivity index (χ2v) is 7.57. The molecule has 0 amide bonds. The summed E-state index contributed by atoms with van der Waals surface area (Å²) in [5, 5.41) is 3.63. The minimum atomic E-state index is -0.0989. The van der Waals surface area contributed by atoms with Crippen molar-refractivity contribution in [2.75, 3.05) is 13.1 Å². The first-order chi connectivity index (χ1) is 11.4. The molecule has 24 heavy (non-hydrogen) atoms. The Hall–Kier alpha value is -2.02. The Kier molecular flexibility index (Phi) is 4.80. The molecule has 3 heterocycles. The molecule has 7 heteroatoms. The quantitative estimate of drug-likeness (QED) is 0.851. The average Bonchev–Trinajstić information content (AvgIpc) is 3.03. The minimum Gasteiger partial charge on any atom is -0.338 e. The van der Waals surface area contributed by atoms with E-state index in [1.807, 2.05) is 0 Å². The molecule has 7 nitrogen and oxygen atoms in total. The SMILES string of the molecule is CC(C)(C)c1cc(=O)n(CC2CCN(Cc3ncno3)CC2)cn1. The van der Waals surface area contributed by atoms with Crippen molar-refractivity contribution >= 4 is 0 Å². The topological polar surface area (TPSA) is 77.0 Å².